The van der Waals surface area contributed by atoms with Crippen LogP contribution in [-0.2, 0) is 6.54 Å². The first kappa shape index (κ1) is 17.1. The Morgan fingerprint density at radius 2 is 2.12 bits per heavy atom. The summed E-state index contributed by atoms with van der Waals surface area (Å²) < 4.78 is 5.53. The number of amides is 2. The first-order chi connectivity index (χ1) is 11.7. The zero-order chi connectivity index (χ0) is 16.9. The van der Waals surface area contributed by atoms with Crippen molar-refractivity contribution in [2.24, 2.45) is 11.8 Å². The summed E-state index contributed by atoms with van der Waals surface area (Å²) in [7, 11) is 0. The van der Waals surface area contributed by atoms with E-state index in [1.54, 1.807) is 0 Å². The quantitative estimate of drug-likeness (QED) is 0.871. The number of ether oxygens (including phenoxy) is 1. The van der Waals surface area contributed by atoms with E-state index in [9.17, 15) is 4.79 Å². The van der Waals surface area contributed by atoms with Crippen LogP contribution in [0.5, 0.6) is 5.75 Å². The van der Waals surface area contributed by atoms with Gasteiger partial charge in [0, 0.05) is 24.7 Å². The third-order valence-electron chi connectivity index (χ3n) is 5.41. The number of rotatable bonds is 5. The molecule has 2 aliphatic rings. The normalized spacial score (nSPS) is 26.1. The van der Waals surface area contributed by atoms with E-state index in [2.05, 4.69) is 12.2 Å². The van der Waals surface area contributed by atoms with Crippen LogP contribution < -0.4 is 10.1 Å². The Morgan fingerprint density at radius 1 is 1.33 bits per heavy atom. The minimum Gasteiger partial charge on any atom is -0.491 e. The Hall–Kier alpha value is -1.75. The second kappa shape index (κ2) is 7.88. The minimum absolute atomic E-state index is 0.0184. The van der Waals surface area contributed by atoms with Gasteiger partial charge >= 0.3 is 6.03 Å². The monoisotopic (exact) mass is 332 g/mol. The summed E-state index contributed by atoms with van der Waals surface area (Å²) in [6.07, 6.45) is 4.93. The van der Waals surface area contributed by atoms with Gasteiger partial charge in [-0.3, -0.25) is 0 Å². The number of carbonyl (C=O) groups is 1. The molecule has 5 nitrogen and oxygen atoms in total. The van der Waals surface area contributed by atoms with E-state index in [-0.39, 0.29) is 19.2 Å². The van der Waals surface area contributed by atoms with Gasteiger partial charge in [-0.1, -0.05) is 38.0 Å². The number of hydrogen-bond donors (Lipinski definition) is 2. The van der Waals surface area contributed by atoms with Crippen molar-refractivity contribution >= 4 is 6.03 Å². The Kier molecular flexibility index (Phi) is 5.61. The highest BCUT2D eigenvalue weighted by Crippen LogP contribution is 2.39. The van der Waals surface area contributed by atoms with Gasteiger partial charge in [0.15, 0.2) is 0 Å². The molecule has 3 atom stereocenters. The Balaban J connectivity index is 1.60. The molecule has 3 rings (SSSR count). The van der Waals surface area contributed by atoms with Crippen LogP contribution in [0.15, 0.2) is 24.3 Å². The summed E-state index contributed by atoms with van der Waals surface area (Å²) in [5, 5.41) is 12.0. The van der Waals surface area contributed by atoms with Crippen molar-refractivity contribution in [3.8, 4) is 5.75 Å². The lowest BCUT2D eigenvalue weighted by Crippen LogP contribution is -2.44. The lowest BCUT2D eigenvalue weighted by atomic mass is 9.80. The number of benzene rings is 1. The molecule has 1 heterocycles. The molecular weight excluding hydrogens is 304 g/mol. The fourth-order valence-corrected chi connectivity index (χ4v) is 4.22. The van der Waals surface area contributed by atoms with Gasteiger partial charge in [-0.15, -0.1) is 0 Å². The number of carbonyl (C=O) groups excluding carboxylic acids is 1. The number of para-hydroxylation sites is 1. The van der Waals surface area contributed by atoms with E-state index in [0.717, 1.165) is 24.3 Å². The molecule has 1 aromatic rings. The van der Waals surface area contributed by atoms with Crippen molar-refractivity contribution in [3.63, 3.8) is 0 Å². The molecule has 0 aromatic heterocycles. The molecule has 0 unspecified atom stereocenters. The number of hydrogen-bond acceptors (Lipinski definition) is 3. The third kappa shape index (κ3) is 3.66. The van der Waals surface area contributed by atoms with E-state index in [1.165, 1.54) is 19.3 Å². The van der Waals surface area contributed by atoms with Crippen molar-refractivity contribution in [1.82, 2.24) is 10.2 Å². The maximum absolute atomic E-state index is 12.7. The van der Waals surface area contributed by atoms with Gasteiger partial charge < -0.3 is 20.1 Å². The zero-order valence-electron chi connectivity index (χ0n) is 14.4. The van der Waals surface area contributed by atoms with Gasteiger partial charge in [0.25, 0.3) is 0 Å². The molecule has 0 spiro atoms. The van der Waals surface area contributed by atoms with E-state index >= 15 is 0 Å². The number of nitrogens with zero attached hydrogens (tertiary/aromatic N) is 1. The highest BCUT2D eigenvalue weighted by Gasteiger charge is 2.42. The molecule has 1 aromatic carbocycles. The Labute approximate surface area is 144 Å². The number of aliphatic hydroxyl groups excluding tert-OH is 1. The first-order valence-corrected chi connectivity index (χ1v) is 9.06. The lowest BCUT2D eigenvalue weighted by molar-refractivity contribution is 0.168. The molecule has 1 aliphatic carbocycles. The smallest absolute Gasteiger partial charge is 0.317 e. The number of fused-ring (bicyclic) bond motifs is 1. The van der Waals surface area contributed by atoms with Gasteiger partial charge in [0.05, 0.1) is 6.61 Å². The van der Waals surface area contributed by atoms with Crippen molar-refractivity contribution in [2.75, 3.05) is 19.8 Å². The van der Waals surface area contributed by atoms with Gasteiger partial charge in [0.2, 0.25) is 0 Å². The van der Waals surface area contributed by atoms with Gasteiger partial charge in [-0.05, 0) is 30.7 Å². The number of urea groups is 1. The van der Waals surface area contributed by atoms with Crippen LogP contribution in [0.25, 0.3) is 0 Å². The average molecular weight is 332 g/mol. The maximum atomic E-state index is 12.7. The Bertz CT molecular complexity index is 563. The molecule has 0 radical (unpaired) electrons. The molecule has 2 amide bonds. The predicted molar refractivity (Wildman–Crippen MR) is 92.9 cm³/mol. The van der Waals surface area contributed by atoms with Crippen molar-refractivity contribution in [3.05, 3.63) is 29.8 Å². The summed E-state index contributed by atoms with van der Waals surface area (Å²) in [6, 6.07) is 8.09. The Morgan fingerprint density at radius 3 is 2.96 bits per heavy atom. The third-order valence-corrected chi connectivity index (χ3v) is 5.41. The van der Waals surface area contributed by atoms with Crippen molar-refractivity contribution < 1.29 is 14.6 Å². The van der Waals surface area contributed by atoms with Crippen LogP contribution in [-0.4, -0.2) is 41.8 Å². The average Bonchev–Trinajstić information content (AvgIpc) is 2.96. The SMILES string of the molecule is C[C@@H]1CN(C(=O)NCc2ccccc2OCCO)[C@H]2CCCC[C@@H]12. The number of likely N-dealkylation sites (tertiary alicyclic amines) is 1. The number of aliphatic hydroxyl groups is 1. The maximum Gasteiger partial charge on any atom is 0.317 e. The van der Waals surface area contributed by atoms with E-state index in [1.807, 2.05) is 29.2 Å². The minimum atomic E-state index is -0.0184. The summed E-state index contributed by atoms with van der Waals surface area (Å²) >= 11 is 0. The topological polar surface area (TPSA) is 61.8 Å². The van der Waals surface area contributed by atoms with Crippen molar-refractivity contribution in [2.45, 2.75) is 45.2 Å². The zero-order valence-corrected chi connectivity index (χ0v) is 14.4. The molecule has 1 saturated carbocycles. The highest BCUT2D eigenvalue weighted by atomic mass is 16.5. The van der Waals surface area contributed by atoms with E-state index < -0.39 is 0 Å². The fraction of sp³-hybridized carbons (Fsp3) is 0.632. The van der Waals surface area contributed by atoms with Crippen LogP contribution in [0.2, 0.25) is 0 Å². The van der Waals surface area contributed by atoms with E-state index in [4.69, 9.17) is 9.84 Å². The molecular formula is C19H28N2O3. The van der Waals surface area contributed by atoms with Crippen molar-refractivity contribution in [1.29, 1.82) is 0 Å². The summed E-state index contributed by atoms with van der Waals surface area (Å²) in [4.78, 5) is 14.7. The van der Waals surface area contributed by atoms with Crippen LogP contribution in [0, 0.1) is 11.8 Å². The predicted octanol–water partition coefficient (Wildman–Crippen LogP) is 2.78. The summed E-state index contributed by atoms with van der Waals surface area (Å²) in [5.74, 6) is 1.99. The molecule has 132 valence electrons. The van der Waals surface area contributed by atoms with Crippen LogP contribution in [0.1, 0.15) is 38.2 Å². The largest absolute Gasteiger partial charge is 0.491 e. The molecule has 5 heteroatoms. The molecule has 1 aliphatic heterocycles. The molecule has 2 N–H and O–H groups in total. The van der Waals surface area contributed by atoms with Crippen LogP contribution >= 0.6 is 0 Å². The second-order valence-corrected chi connectivity index (χ2v) is 6.98. The fourth-order valence-electron chi connectivity index (χ4n) is 4.22. The van der Waals surface area contributed by atoms with Gasteiger partial charge in [-0.2, -0.15) is 0 Å². The van der Waals surface area contributed by atoms with Crippen LogP contribution in [0.3, 0.4) is 0 Å². The van der Waals surface area contributed by atoms with E-state index in [0.29, 0.717) is 24.4 Å². The molecule has 24 heavy (non-hydrogen) atoms. The number of nitrogens with one attached hydrogen (secondary N) is 1. The second-order valence-electron chi connectivity index (χ2n) is 6.98. The molecule has 0 bridgehead atoms. The summed E-state index contributed by atoms with van der Waals surface area (Å²) in [6.45, 7) is 3.83. The molecule has 1 saturated heterocycles. The molecule has 2 fully saturated rings. The van der Waals surface area contributed by atoms with Gasteiger partial charge in [-0.25, -0.2) is 4.79 Å². The highest BCUT2D eigenvalue weighted by molar-refractivity contribution is 5.75. The first-order valence-electron chi connectivity index (χ1n) is 9.06. The lowest BCUT2D eigenvalue weighted by Gasteiger charge is -2.32. The standard InChI is InChI=1S/C19H28N2O3/c1-14-13-21(17-8-4-3-7-16(14)17)19(23)20-12-15-6-2-5-9-18(15)24-11-10-22/h2,5-6,9,14,16-17,22H,3-4,7-8,10-13H2,1H3,(H,20,23)/t14-,16+,17+/m1/s1. The summed E-state index contributed by atoms with van der Waals surface area (Å²) in [5.41, 5.74) is 0.937. The van der Waals surface area contributed by atoms with Gasteiger partial charge in [0.1, 0.15) is 12.4 Å². The van der Waals surface area contributed by atoms with Crippen LogP contribution in [0.4, 0.5) is 4.79 Å².